The molecule has 1 aromatic heterocycles. The van der Waals surface area contributed by atoms with Gasteiger partial charge in [0, 0.05) is 25.2 Å². The normalized spacial score (nSPS) is 15.0. The van der Waals surface area contributed by atoms with E-state index in [1.54, 1.807) is 4.90 Å². The molecule has 1 aromatic carbocycles. The fourth-order valence-electron chi connectivity index (χ4n) is 2.49. The molecule has 1 fully saturated rings. The van der Waals surface area contributed by atoms with Crippen molar-refractivity contribution in [2.24, 2.45) is 0 Å². The first kappa shape index (κ1) is 16.2. The number of benzene rings is 1. The van der Waals surface area contributed by atoms with Gasteiger partial charge in [0.2, 0.25) is 5.91 Å². The molecule has 0 radical (unpaired) electrons. The van der Waals surface area contributed by atoms with E-state index >= 15 is 0 Å². The summed E-state index contributed by atoms with van der Waals surface area (Å²) in [5, 5.41) is 9.59. The minimum absolute atomic E-state index is 0.126. The van der Waals surface area contributed by atoms with Crippen LogP contribution in [0.3, 0.4) is 0 Å². The molecule has 0 aliphatic carbocycles. The largest absolute Gasteiger partial charge is 0.435 e. The summed E-state index contributed by atoms with van der Waals surface area (Å²) in [5.41, 5.74) is 0.760. The summed E-state index contributed by atoms with van der Waals surface area (Å²) in [6.45, 7) is 1.13. The second-order valence-electron chi connectivity index (χ2n) is 5.47. The lowest BCUT2D eigenvalue weighted by Gasteiger charge is -2.16. The van der Waals surface area contributed by atoms with Gasteiger partial charge >= 0.3 is 6.18 Å². The number of nitrogens with zero attached hydrogens (tertiary/aromatic N) is 3. The van der Waals surface area contributed by atoms with Crippen molar-refractivity contribution in [3.05, 3.63) is 47.7 Å². The van der Waals surface area contributed by atoms with E-state index in [-0.39, 0.29) is 11.7 Å². The van der Waals surface area contributed by atoms with Crippen LogP contribution in [0.5, 0.6) is 0 Å². The molecule has 0 bridgehead atoms. The Morgan fingerprint density at radius 2 is 1.83 bits per heavy atom. The van der Waals surface area contributed by atoms with Gasteiger partial charge in [-0.2, -0.15) is 13.2 Å². The van der Waals surface area contributed by atoms with Gasteiger partial charge in [-0.15, -0.1) is 10.2 Å². The van der Waals surface area contributed by atoms with E-state index in [1.807, 2.05) is 24.3 Å². The van der Waals surface area contributed by atoms with Gasteiger partial charge in [0.15, 0.2) is 5.69 Å². The molecule has 0 spiro atoms. The Labute approximate surface area is 136 Å². The average molecular weight is 336 g/mol. The monoisotopic (exact) mass is 336 g/mol. The van der Waals surface area contributed by atoms with Gasteiger partial charge in [-0.3, -0.25) is 4.79 Å². The molecule has 24 heavy (non-hydrogen) atoms. The summed E-state index contributed by atoms with van der Waals surface area (Å²) in [7, 11) is 0. The van der Waals surface area contributed by atoms with E-state index in [0.717, 1.165) is 30.3 Å². The molecule has 1 saturated heterocycles. The van der Waals surface area contributed by atoms with E-state index in [2.05, 4.69) is 15.5 Å². The Hall–Kier alpha value is -2.64. The molecule has 1 N–H and O–H groups in total. The van der Waals surface area contributed by atoms with Crippen molar-refractivity contribution in [1.82, 2.24) is 10.2 Å². The first-order chi connectivity index (χ1) is 11.4. The molecule has 1 aliphatic heterocycles. The molecule has 5 nitrogen and oxygen atoms in total. The van der Waals surface area contributed by atoms with Crippen LogP contribution < -0.4 is 10.2 Å². The predicted octanol–water partition coefficient (Wildman–Crippen LogP) is 3.23. The van der Waals surface area contributed by atoms with Crippen LogP contribution in [0.4, 0.5) is 24.7 Å². The molecule has 126 valence electrons. The zero-order chi connectivity index (χ0) is 17.2. The van der Waals surface area contributed by atoms with Crippen LogP contribution in [-0.4, -0.2) is 22.6 Å². The molecule has 0 saturated carbocycles. The van der Waals surface area contributed by atoms with Crippen molar-refractivity contribution in [1.29, 1.82) is 0 Å². The lowest BCUT2D eigenvalue weighted by molar-refractivity contribution is -0.141. The fourth-order valence-corrected chi connectivity index (χ4v) is 2.49. The molecule has 3 rings (SSSR count). The molecule has 0 unspecified atom stereocenters. The first-order valence-electron chi connectivity index (χ1n) is 7.47. The van der Waals surface area contributed by atoms with E-state index in [0.29, 0.717) is 13.0 Å². The molecular formula is C16H15F3N4O. The second-order valence-corrected chi connectivity index (χ2v) is 5.47. The predicted molar refractivity (Wildman–Crippen MR) is 82.4 cm³/mol. The van der Waals surface area contributed by atoms with Gasteiger partial charge in [-0.05, 0) is 36.2 Å². The average Bonchev–Trinajstić information content (AvgIpc) is 2.99. The van der Waals surface area contributed by atoms with Crippen molar-refractivity contribution in [2.45, 2.75) is 25.6 Å². The maximum absolute atomic E-state index is 12.4. The lowest BCUT2D eigenvalue weighted by Crippen LogP contribution is -2.23. The highest BCUT2D eigenvalue weighted by Gasteiger charge is 2.32. The SMILES string of the molecule is O=C1CCCN1c1ccc(CNc2ccc(C(F)(F)F)nn2)cc1. The summed E-state index contributed by atoms with van der Waals surface area (Å²) >= 11 is 0. The molecular weight excluding hydrogens is 321 g/mol. The topological polar surface area (TPSA) is 58.1 Å². The highest BCUT2D eigenvalue weighted by atomic mass is 19.4. The van der Waals surface area contributed by atoms with E-state index in [1.165, 1.54) is 6.07 Å². The number of hydrogen-bond donors (Lipinski definition) is 1. The molecule has 2 aromatic rings. The molecule has 1 aliphatic rings. The maximum Gasteiger partial charge on any atom is 0.435 e. The number of rotatable bonds is 4. The van der Waals surface area contributed by atoms with Gasteiger partial charge in [-0.1, -0.05) is 12.1 Å². The number of carbonyl (C=O) groups is 1. The van der Waals surface area contributed by atoms with Gasteiger partial charge in [0.05, 0.1) is 0 Å². The Bertz CT molecular complexity index is 714. The van der Waals surface area contributed by atoms with Crippen molar-refractivity contribution < 1.29 is 18.0 Å². The van der Waals surface area contributed by atoms with Crippen LogP contribution in [0, 0.1) is 0 Å². The summed E-state index contributed by atoms with van der Waals surface area (Å²) in [6.07, 6.45) is -3.04. The van der Waals surface area contributed by atoms with Crippen LogP contribution >= 0.6 is 0 Å². The number of carbonyl (C=O) groups excluding carboxylic acids is 1. The van der Waals surface area contributed by atoms with Crippen molar-refractivity contribution >= 4 is 17.4 Å². The third-order valence-electron chi connectivity index (χ3n) is 3.75. The summed E-state index contributed by atoms with van der Waals surface area (Å²) in [4.78, 5) is 13.4. The van der Waals surface area contributed by atoms with Gasteiger partial charge in [0.1, 0.15) is 5.82 Å². The van der Waals surface area contributed by atoms with E-state index in [4.69, 9.17) is 0 Å². The minimum atomic E-state index is -4.49. The van der Waals surface area contributed by atoms with Crippen molar-refractivity contribution in [3.8, 4) is 0 Å². The maximum atomic E-state index is 12.4. The number of alkyl halides is 3. The number of aromatic nitrogens is 2. The summed E-state index contributed by atoms with van der Waals surface area (Å²) in [5.74, 6) is 0.391. The number of amides is 1. The zero-order valence-electron chi connectivity index (χ0n) is 12.7. The molecule has 2 heterocycles. The smallest absolute Gasteiger partial charge is 0.365 e. The first-order valence-corrected chi connectivity index (χ1v) is 7.47. The molecule has 1 amide bonds. The summed E-state index contributed by atoms with van der Waals surface area (Å²) in [6, 6.07) is 9.58. The molecule has 8 heteroatoms. The minimum Gasteiger partial charge on any atom is -0.365 e. The highest BCUT2D eigenvalue weighted by molar-refractivity contribution is 5.95. The van der Waals surface area contributed by atoms with E-state index < -0.39 is 11.9 Å². The van der Waals surface area contributed by atoms with Crippen LogP contribution in [0.25, 0.3) is 0 Å². The second kappa shape index (κ2) is 6.46. The summed E-state index contributed by atoms with van der Waals surface area (Å²) < 4.78 is 37.2. The third kappa shape index (κ3) is 3.64. The van der Waals surface area contributed by atoms with E-state index in [9.17, 15) is 18.0 Å². The Morgan fingerprint density at radius 1 is 1.08 bits per heavy atom. The zero-order valence-corrected chi connectivity index (χ0v) is 12.7. The van der Waals surface area contributed by atoms with Crippen LogP contribution in [0.1, 0.15) is 24.1 Å². The lowest BCUT2D eigenvalue weighted by atomic mass is 10.2. The standard InChI is InChI=1S/C16H15F3N4O/c17-16(18,19)13-7-8-14(22-21-13)20-10-11-3-5-12(6-4-11)23-9-1-2-15(23)24/h3-8H,1-2,9-10H2,(H,20,22). The fraction of sp³-hybridized carbons (Fsp3) is 0.312. The highest BCUT2D eigenvalue weighted by Crippen LogP contribution is 2.27. The van der Waals surface area contributed by atoms with Gasteiger partial charge in [0.25, 0.3) is 0 Å². The number of anilines is 2. The Kier molecular flexibility index (Phi) is 4.37. The van der Waals surface area contributed by atoms with Crippen LogP contribution in [0.15, 0.2) is 36.4 Å². The van der Waals surface area contributed by atoms with Crippen molar-refractivity contribution in [3.63, 3.8) is 0 Å². The van der Waals surface area contributed by atoms with Gasteiger partial charge < -0.3 is 10.2 Å². The van der Waals surface area contributed by atoms with Crippen LogP contribution in [-0.2, 0) is 17.5 Å². The van der Waals surface area contributed by atoms with Crippen molar-refractivity contribution in [2.75, 3.05) is 16.8 Å². The number of halogens is 3. The Balaban J connectivity index is 1.59. The third-order valence-corrected chi connectivity index (χ3v) is 3.75. The molecule has 0 atom stereocenters. The Morgan fingerprint density at radius 3 is 2.38 bits per heavy atom. The van der Waals surface area contributed by atoms with Crippen LogP contribution in [0.2, 0.25) is 0 Å². The number of hydrogen-bond acceptors (Lipinski definition) is 4. The quantitative estimate of drug-likeness (QED) is 0.931. The van der Waals surface area contributed by atoms with Gasteiger partial charge in [-0.25, -0.2) is 0 Å². The number of nitrogens with one attached hydrogen (secondary N) is 1.